The summed E-state index contributed by atoms with van der Waals surface area (Å²) < 4.78 is 27.4. The average Bonchev–Trinajstić information content (AvgIpc) is 3.45. The first kappa shape index (κ1) is 20.2. The van der Waals surface area contributed by atoms with E-state index in [1.165, 1.54) is 10.4 Å². The van der Waals surface area contributed by atoms with Gasteiger partial charge < -0.3 is 4.90 Å². The summed E-state index contributed by atoms with van der Waals surface area (Å²) in [5.74, 6) is 0.102. The van der Waals surface area contributed by atoms with Crippen molar-refractivity contribution in [2.24, 2.45) is 0 Å². The molecular formula is C22H27N3O3S2. The smallest absolute Gasteiger partial charge is 0.243 e. The van der Waals surface area contributed by atoms with E-state index in [0.29, 0.717) is 31.1 Å². The molecule has 0 radical (unpaired) electrons. The third-order valence-electron chi connectivity index (χ3n) is 6.42. The molecular weight excluding hydrogens is 418 g/mol. The molecule has 0 bridgehead atoms. The van der Waals surface area contributed by atoms with Gasteiger partial charge in [0.2, 0.25) is 15.9 Å². The van der Waals surface area contributed by atoms with Crippen LogP contribution in [-0.4, -0.2) is 56.3 Å². The van der Waals surface area contributed by atoms with E-state index in [9.17, 15) is 13.2 Å². The molecule has 1 aromatic carbocycles. The summed E-state index contributed by atoms with van der Waals surface area (Å²) in [7, 11) is -3.43. The van der Waals surface area contributed by atoms with Gasteiger partial charge in [0.1, 0.15) is 0 Å². The first-order chi connectivity index (χ1) is 14.5. The molecule has 6 nitrogen and oxygen atoms in total. The molecule has 1 saturated heterocycles. The highest BCUT2D eigenvalue weighted by Gasteiger charge is 2.30. The molecule has 5 rings (SSSR count). The number of rotatable bonds is 4. The van der Waals surface area contributed by atoms with Crippen LogP contribution in [0, 0.1) is 0 Å². The monoisotopic (exact) mass is 445 g/mol. The Hall–Kier alpha value is -1.74. The number of nitrogens with zero attached hydrogens (tertiary/aromatic N) is 3. The van der Waals surface area contributed by atoms with E-state index < -0.39 is 10.0 Å². The topological polar surface area (TPSA) is 60.9 Å². The Kier molecular flexibility index (Phi) is 5.43. The fourth-order valence-electron chi connectivity index (χ4n) is 4.79. The second-order valence-corrected chi connectivity index (χ2v) is 11.3. The highest BCUT2D eigenvalue weighted by molar-refractivity contribution is 7.89. The van der Waals surface area contributed by atoms with E-state index in [1.807, 2.05) is 11.0 Å². The fraction of sp³-hybridized carbons (Fsp3) is 0.500. The number of hydrogen-bond donors (Lipinski definition) is 0. The van der Waals surface area contributed by atoms with Crippen molar-refractivity contribution in [3.8, 4) is 0 Å². The Morgan fingerprint density at radius 1 is 0.967 bits per heavy atom. The van der Waals surface area contributed by atoms with Gasteiger partial charge in [0.25, 0.3) is 0 Å². The first-order valence-corrected chi connectivity index (χ1v) is 13.1. The van der Waals surface area contributed by atoms with Crippen LogP contribution in [0.2, 0.25) is 0 Å². The molecule has 1 aromatic heterocycles. The van der Waals surface area contributed by atoms with Gasteiger partial charge in [-0.05, 0) is 72.9 Å². The SMILES string of the molecule is O=C(CN1CCc2sccc2C1)N1CCCc2cc(S(=O)(=O)N3CCCC3)ccc21. The summed E-state index contributed by atoms with van der Waals surface area (Å²) in [6.07, 6.45) is 4.53. The van der Waals surface area contributed by atoms with Gasteiger partial charge in [-0.2, -0.15) is 4.31 Å². The number of aryl methyl sites for hydroxylation is 1. The molecule has 8 heteroatoms. The molecule has 0 aliphatic carbocycles. The minimum absolute atomic E-state index is 0.102. The van der Waals surface area contributed by atoms with Crippen molar-refractivity contribution in [1.29, 1.82) is 0 Å². The van der Waals surface area contributed by atoms with Crippen molar-refractivity contribution in [2.75, 3.05) is 37.6 Å². The van der Waals surface area contributed by atoms with E-state index in [4.69, 9.17) is 0 Å². The van der Waals surface area contributed by atoms with Gasteiger partial charge in [0, 0.05) is 43.3 Å². The summed E-state index contributed by atoms with van der Waals surface area (Å²) in [4.78, 5) is 19.0. The van der Waals surface area contributed by atoms with E-state index in [1.54, 1.807) is 27.8 Å². The van der Waals surface area contributed by atoms with Crippen LogP contribution in [0.4, 0.5) is 5.69 Å². The van der Waals surface area contributed by atoms with Gasteiger partial charge in [-0.25, -0.2) is 8.42 Å². The second kappa shape index (κ2) is 8.07. The summed E-state index contributed by atoms with van der Waals surface area (Å²) in [6.45, 7) is 4.05. The minimum atomic E-state index is -3.43. The normalized spacial score (nSPS) is 20.2. The number of thiophene rings is 1. The molecule has 0 spiro atoms. The number of benzene rings is 1. The number of fused-ring (bicyclic) bond motifs is 2. The van der Waals surface area contributed by atoms with Crippen LogP contribution in [0.25, 0.3) is 0 Å². The number of carbonyl (C=O) groups excluding carboxylic acids is 1. The van der Waals surface area contributed by atoms with Gasteiger partial charge in [-0.15, -0.1) is 11.3 Å². The van der Waals surface area contributed by atoms with Crippen LogP contribution in [-0.2, 0) is 34.2 Å². The molecule has 1 fully saturated rings. The van der Waals surface area contributed by atoms with E-state index in [-0.39, 0.29) is 5.91 Å². The van der Waals surface area contributed by atoms with Crippen molar-refractivity contribution >= 4 is 33.0 Å². The second-order valence-electron chi connectivity index (χ2n) is 8.38. The Balaban J connectivity index is 1.33. The lowest BCUT2D eigenvalue weighted by Crippen LogP contribution is -2.44. The lowest BCUT2D eigenvalue weighted by atomic mass is 10.0. The molecule has 0 saturated carbocycles. The van der Waals surface area contributed by atoms with Crippen LogP contribution in [0.15, 0.2) is 34.5 Å². The van der Waals surface area contributed by atoms with Crippen molar-refractivity contribution in [2.45, 2.75) is 43.5 Å². The van der Waals surface area contributed by atoms with Crippen molar-refractivity contribution in [3.63, 3.8) is 0 Å². The molecule has 1 amide bonds. The summed E-state index contributed by atoms with van der Waals surface area (Å²) in [5.41, 5.74) is 3.18. The number of hydrogen-bond acceptors (Lipinski definition) is 5. The maximum Gasteiger partial charge on any atom is 0.243 e. The number of carbonyl (C=O) groups is 1. The van der Waals surface area contributed by atoms with E-state index >= 15 is 0 Å². The molecule has 4 heterocycles. The molecule has 0 unspecified atom stereocenters. The standard InChI is InChI=1S/C22H27N3O3S2/c26-22(16-23-12-7-21-18(15-23)8-13-29-21)25-11-3-4-17-14-19(5-6-20(17)25)30(27,28)24-9-1-2-10-24/h5-6,8,13-14H,1-4,7,9-12,15-16H2. The lowest BCUT2D eigenvalue weighted by molar-refractivity contribution is -0.120. The summed E-state index contributed by atoms with van der Waals surface area (Å²) in [5, 5.41) is 2.13. The van der Waals surface area contributed by atoms with E-state index in [2.05, 4.69) is 16.3 Å². The van der Waals surface area contributed by atoms with Crippen molar-refractivity contribution in [3.05, 3.63) is 45.6 Å². The molecule has 0 atom stereocenters. The van der Waals surface area contributed by atoms with E-state index in [0.717, 1.165) is 56.4 Å². The predicted molar refractivity (Wildman–Crippen MR) is 118 cm³/mol. The number of anilines is 1. The largest absolute Gasteiger partial charge is 0.311 e. The Morgan fingerprint density at radius 3 is 2.63 bits per heavy atom. The maximum atomic E-state index is 13.1. The van der Waals surface area contributed by atoms with Gasteiger partial charge in [-0.3, -0.25) is 9.69 Å². The third-order valence-corrected chi connectivity index (χ3v) is 9.34. The van der Waals surface area contributed by atoms with Crippen LogP contribution in [0.5, 0.6) is 0 Å². The highest BCUT2D eigenvalue weighted by atomic mass is 32.2. The summed E-state index contributed by atoms with van der Waals surface area (Å²) in [6, 6.07) is 7.47. The lowest BCUT2D eigenvalue weighted by Gasteiger charge is -2.33. The van der Waals surface area contributed by atoms with Crippen molar-refractivity contribution in [1.82, 2.24) is 9.21 Å². The average molecular weight is 446 g/mol. The van der Waals surface area contributed by atoms with Crippen LogP contribution < -0.4 is 4.90 Å². The Morgan fingerprint density at radius 2 is 1.80 bits per heavy atom. The zero-order chi connectivity index (χ0) is 20.7. The van der Waals surface area contributed by atoms with Crippen LogP contribution in [0.3, 0.4) is 0 Å². The zero-order valence-electron chi connectivity index (χ0n) is 17.0. The third kappa shape index (κ3) is 3.70. The highest BCUT2D eigenvalue weighted by Crippen LogP contribution is 2.32. The summed E-state index contributed by atoms with van der Waals surface area (Å²) >= 11 is 1.80. The van der Waals surface area contributed by atoms with Gasteiger partial charge in [0.05, 0.1) is 11.4 Å². The molecule has 2 aromatic rings. The quantitative estimate of drug-likeness (QED) is 0.726. The van der Waals surface area contributed by atoms with Gasteiger partial charge >= 0.3 is 0 Å². The zero-order valence-corrected chi connectivity index (χ0v) is 18.7. The van der Waals surface area contributed by atoms with Gasteiger partial charge in [-0.1, -0.05) is 0 Å². The maximum absolute atomic E-state index is 13.1. The number of sulfonamides is 1. The number of amides is 1. The van der Waals surface area contributed by atoms with Crippen LogP contribution >= 0.6 is 11.3 Å². The van der Waals surface area contributed by atoms with Crippen molar-refractivity contribution < 1.29 is 13.2 Å². The Labute approximate surface area is 182 Å². The molecule has 0 N–H and O–H groups in total. The molecule has 30 heavy (non-hydrogen) atoms. The first-order valence-electron chi connectivity index (χ1n) is 10.7. The predicted octanol–water partition coefficient (Wildman–Crippen LogP) is 2.87. The fourth-order valence-corrected chi connectivity index (χ4v) is 7.25. The Bertz CT molecular complexity index is 1060. The minimum Gasteiger partial charge on any atom is -0.311 e. The molecule has 3 aliphatic rings. The molecule has 3 aliphatic heterocycles. The van der Waals surface area contributed by atoms with Crippen LogP contribution in [0.1, 0.15) is 35.3 Å². The molecule has 160 valence electrons. The van der Waals surface area contributed by atoms with Gasteiger partial charge in [0.15, 0.2) is 0 Å².